The topological polar surface area (TPSA) is 64.6 Å². The molecule has 0 bridgehead atoms. The average Bonchev–Trinajstić information content (AvgIpc) is 3.19. The van der Waals surface area contributed by atoms with E-state index in [2.05, 4.69) is 12.1 Å². The molecule has 2 heterocycles. The van der Waals surface area contributed by atoms with Crippen LogP contribution in [0.15, 0.2) is 65.2 Å². The van der Waals surface area contributed by atoms with Gasteiger partial charge in [0.1, 0.15) is 18.2 Å². The number of aromatic nitrogens is 1. The van der Waals surface area contributed by atoms with Crippen molar-refractivity contribution in [3.8, 4) is 34.5 Å². The average molecular weight is 432 g/mol. The smallest absolute Gasteiger partial charge is 0.216 e. The molecule has 2 aromatic heterocycles. The van der Waals surface area contributed by atoms with E-state index in [-0.39, 0.29) is 5.82 Å². The molecule has 0 N–H and O–H groups in total. The Labute approximate surface area is 190 Å². The van der Waals surface area contributed by atoms with Crippen LogP contribution in [0.2, 0.25) is 0 Å². The molecule has 158 valence electrons. The number of furan rings is 1. The molecule has 3 aromatic carbocycles. The summed E-state index contributed by atoms with van der Waals surface area (Å²) in [4.78, 5) is 0. The van der Waals surface area contributed by atoms with E-state index in [0.29, 0.717) is 33.4 Å². The number of pyridine rings is 1. The number of hydrogen-bond acceptors (Lipinski definition) is 3. The lowest BCUT2D eigenvalue weighted by Crippen LogP contribution is -2.31. The van der Waals surface area contributed by atoms with Crippen molar-refractivity contribution in [3.05, 3.63) is 88.9 Å². The summed E-state index contributed by atoms with van der Waals surface area (Å²) in [6.07, 6.45) is 1.47. The molecule has 4 nitrogen and oxygen atoms in total. The standard InChI is InChI=1S/C28H19FN3O/c1-16-4-10-21-22-11-9-20(14-31)26(19-7-5-18(13-30)6-8-19)28(22)33-27(21)25(16)24-12-17(2)23(29)15-32(24)3/h4-12,15H,1-3H3/q+1. The van der Waals surface area contributed by atoms with Crippen molar-refractivity contribution in [3.63, 3.8) is 0 Å². The fourth-order valence-corrected chi connectivity index (χ4v) is 4.38. The second-order valence-electron chi connectivity index (χ2n) is 8.20. The third-order valence-corrected chi connectivity index (χ3v) is 6.11. The van der Waals surface area contributed by atoms with Gasteiger partial charge in [0.05, 0.1) is 28.8 Å². The van der Waals surface area contributed by atoms with Gasteiger partial charge < -0.3 is 4.42 Å². The van der Waals surface area contributed by atoms with Gasteiger partial charge in [-0.05, 0) is 54.8 Å². The van der Waals surface area contributed by atoms with Crippen LogP contribution in [0.25, 0.3) is 44.3 Å². The van der Waals surface area contributed by atoms with Gasteiger partial charge in [-0.25, -0.2) is 4.39 Å². The number of aryl methyl sites for hydroxylation is 3. The first-order chi connectivity index (χ1) is 15.9. The minimum atomic E-state index is -0.266. The lowest BCUT2D eigenvalue weighted by atomic mass is 9.95. The summed E-state index contributed by atoms with van der Waals surface area (Å²) in [5.41, 5.74) is 7.13. The summed E-state index contributed by atoms with van der Waals surface area (Å²) in [6, 6.07) is 21.1. The highest BCUT2D eigenvalue weighted by Gasteiger charge is 2.24. The molecule has 0 amide bonds. The van der Waals surface area contributed by atoms with Crippen LogP contribution in [-0.2, 0) is 7.05 Å². The van der Waals surface area contributed by atoms with Crippen molar-refractivity contribution in [2.24, 2.45) is 7.05 Å². The minimum Gasteiger partial charge on any atom is -0.454 e. The van der Waals surface area contributed by atoms with Crippen molar-refractivity contribution in [1.29, 1.82) is 10.5 Å². The third kappa shape index (κ3) is 3.14. The second kappa shape index (κ2) is 7.58. The zero-order valence-electron chi connectivity index (χ0n) is 18.4. The maximum absolute atomic E-state index is 14.1. The van der Waals surface area contributed by atoms with Gasteiger partial charge >= 0.3 is 0 Å². The molecule has 5 aromatic rings. The van der Waals surface area contributed by atoms with Gasteiger partial charge in [0.25, 0.3) is 0 Å². The Balaban J connectivity index is 1.89. The van der Waals surface area contributed by atoms with Crippen LogP contribution >= 0.6 is 0 Å². The Morgan fingerprint density at radius 2 is 1.48 bits per heavy atom. The van der Waals surface area contributed by atoms with Crippen LogP contribution in [0, 0.1) is 42.3 Å². The van der Waals surface area contributed by atoms with Gasteiger partial charge in [-0.15, -0.1) is 0 Å². The number of halogens is 1. The lowest BCUT2D eigenvalue weighted by molar-refractivity contribution is -0.662. The number of hydrogen-bond donors (Lipinski definition) is 0. The van der Waals surface area contributed by atoms with E-state index in [0.717, 1.165) is 33.2 Å². The largest absolute Gasteiger partial charge is 0.454 e. The number of nitriles is 2. The summed E-state index contributed by atoms with van der Waals surface area (Å²) in [7, 11) is 1.81. The van der Waals surface area contributed by atoms with Gasteiger partial charge in [-0.3, -0.25) is 0 Å². The number of rotatable bonds is 2. The quantitative estimate of drug-likeness (QED) is 0.310. The highest BCUT2D eigenvalue weighted by atomic mass is 19.1. The predicted molar refractivity (Wildman–Crippen MR) is 125 cm³/mol. The van der Waals surface area contributed by atoms with Crippen LogP contribution in [0.5, 0.6) is 0 Å². The van der Waals surface area contributed by atoms with Gasteiger partial charge in [-0.2, -0.15) is 15.1 Å². The van der Waals surface area contributed by atoms with E-state index in [4.69, 9.17) is 9.68 Å². The Morgan fingerprint density at radius 3 is 2.15 bits per heavy atom. The Hall–Kier alpha value is -4.48. The van der Waals surface area contributed by atoms with Gasteiger partial charge in [0.15, 0.2) is 5.82 Å². The fourth-order valence-electron chi connectivity index (χ4n) is 4.38. The first-order valence-electron chi connectivity index (χ1n) is 10.5. The highest BCUT2D eigenvalue weighted by molar-refractivity contribution is 6.14. The molecular formula is C28H19FN3O+. The van der Waals surface area contributed by atoms with Gasteiger partial charge in [0, 0.05) is 22.4 Å². The second-order valence-corrected chi connectivity index (χ2v) is 8.20. The van der Waals surface area contributed by atoms with Gasteiger partial charge in [-0.1, -0.05) is 24.3 Å². The van der Waals surface area contributed by atoms with Crippen LogP contribution in [0.4, 0.5) is 4.39 Å². The van der Waals surface area contributed by atoms with E-state index in [9.17, 15) is 9.65 Å². The zero-order chi connectivity index (χ0) is 23.3. The van der Waals surface area contributed by atoms with E-state index in [1.165, 1.54) is 6.20 Å². The maximum atomic E-state index is 14.1. The maximum Gasteiger partial charge on any atom is 0.216 e. The van der Waals surface area contributed by atoms with E-state index >= 15 is 0 Å². The molecule has 0 atom stereocenters. The molecule has 0 spiro atoms. The Bertz CT molecular complexity index is 1670. The van der Waals surface area contributed by atoms with E-state index < -0.39 is 0 Å². The van der Waals surface area contributed by atoms with Crippen molar-refractivity contribution in [2.45, 2.75) is 13.8 Å². The van der Waals surface area contributed by atoms with Crippen molar-refractivity contribution < 1.29 is 13.4 Å². The predicted octanol–water partition coefficient (Wildman–Crippen LogP) is 6.24. The molecule has 0 aliphatic rings. The Kier molecular flexibility index (Phi) is 4.69. The molecule has 0 radical (unpaired) electrons. The third-order valence-electron chi connectivity index (χ3n) is 6.11. The summed E-state index contributed by atoms with van der Waals surface area (Å²) in [6.45, 7) is 3.75. The summed E-state index contributed by atoms with van der Waals surface area (Å²) < 4.78 is 22.4. The molecule has 0 aliphatic heterocycles. The molecule has 0 fully saturated rings. The molecule has 0 aliphatic carbocycles. The lowest BCUT2D eigenvalue weighted by Gasteiger charge is -2.07. The van der Waals surface area contributed by atoms with Crippen LogP contribution < -0.4 is 4.57 Å². The first kappa shape index (κ1) is 20.4. The van der Waals surface area contributed by atoms with Crippen LogP contribution in [-0.4, -0.2) is 0 Å². The van der Waals surface area contributed by atoms with Gasteiger partial charge in [0.2, 0.25) is 11.9 Å². The molecule has 0 saturated heterocycles. The molecule has 5 rings (SSSR count). The highest BCUT2D eigenvalue weighted by Crippen LogP contribution is 2.42. The summed E-state index contributed by atoms with van der Waals surface area (Å²) in [5.74, 6) is -0.266. The first-order valence-corrected chi connectivity index (χ1v) is 10.5. The van der Waals surface area contributed by atoms with Crippen LogP contribution in [0.3, 0.4) is 0 Å². The number of nitrogens with zero attached hydrogens (tertiary/aromatic N) is 3. The Morgan fingerprint density at radius 1 is 0.818 bits per heavy atom. The SMILES string of the molecule is Cc1cc(-c2c(C)ccc3c2oc2c(-c4ccc(C#N)cc4)c(C#N)ccc23)[n+](C)cc1F. The van der Waals surface area contributed by atoms with Crippen LogP contribution in [0.1, 0.15) is 22.3 Å². The molecule has 0 unspecified atom stereocenters. The van der Waals surface area contributed by atoms with Crippen molar-refractivity contribution in [2.75, 3.05) is 0 Å². The minimum absolute atomic E-state index is 0.266. The number of benzene rings is 3. The molecule has 33 heavy (non-hydrogen) atoms. The summed E-state index contributed by atoms with van der Waals surface area (Å²) in [5, 5.41) is 20.8. The van der Waals surface area contributed by atoms with Crippen molar-refractivity contribution in [1.82, 2.24) is 0 Å². The fraction of sp³-hybridized carbons (Fsp3) is 0.107. The van der Waals surface area contributed by atoms with Crippen molar-refractivity contribution >= 4 is 21.9 Å². The monoisotopic (exact) mass is 432 g/mol. The number of fused-ring (bicyclic) bond motifs is 3. The zero-order valence-corrected chi connectivity index (χ0v) is 18.4. The van der Waals surface area contributed by atoms with E-state index in [1.807, 2.05) is 50.4 Å². The molecule has 0 saturated carbocycles. The molecule has 5 heteroatoms. The molecular weight excluding hydrogens is 413 g/mol. The normalized spacial score (nSPS) is 11.0. The van der Waals surface area contributed by atoms with E-state index in [1.54, 1.807) is 29.7 Å². The summed E-state index contributed by atoms with van der Waals surface area (Å²) >= 11 is 0.